The number of carbonyl (C=O) groups excluding carboxylic acids is 1. The van der Waals surface area contributed by atoms with E-state index in [1.165, 1.54) is 46.6 Å². The number of amides is 1. The van der Waals surface area contributed by atoms with Gasteiger partial charge in [0.15, 0.2) is 0 Å². The number of nitrogens with zero attached hydrogens (tertiary/aromatic N) is 4. The second-order valence-corrected chi connectivity index (χ2v) is 17.7. The van der Waals surface area contributed by atoms with Gasteiger partial charge in [-0.05, 0) is 123 Å². The first-order chi connectivity index (χ1) is 26.7. The van der Waals surface area contributed by atoms with Gasteiger partial charge >= 0.3 is 0 Å². The first-order valence-corrected chi connectivity index (χ1v) is 21.6. The van der Waals surface area contributed by atoms with Crippen molar-refractivity contribution in [3.63, 3.8) is 0 Å². The van der Waals surface area contributed by atoms with Crippen LogP contribution in [0.25, 0.3) is 5.57 Å². The van der Waals surface area contributed by atoms with Crippen LogP contribution in [0.1, 0.15) is 48.0 Å². The van der Waals surface area contributed by atoms with Gasteiger partial charge in [0.2, 0.25) is 0 Å². The molecule has 286 valence electrons. The maximum atomic E-state index is 13.4. The molecule has 4 aromatic rings. The predicted molar refractivity (Wildman–Crippen MR) is 228 cm³/mol. The molecule has 12 heteroatoms. The summed E-state index contributed by atoms with van der Waals surface area (Å²) in [6.45, 7) is 12.6. The molecule has 7 rings (SSSR count). The van der Waals surface area contributed by atoms with Crippen LogP contribution < -0.4 is 14.9 Å². The molecule has 1 saturated carbocycles. The van der Waals surface area contributed by atoms with Crippen LogP contribution in [0, 0.1) is 5.92 Å². The van der Waals surface area contributed by atoms with Crippen LogP contribution in [0.5, 0.6) is 0 Å². The Hall–Kier alpha value is -4.42. The van der Waals surface area contributed by atoms with Gasteiger partial charge in [0.1, 0.15) is 0 Å². The lowest BCUT2D eigenvalue weighted by molar-refractivity contribution is 0.0981. The number of sulfonamides is 1. The highest BCUT2D eigenvalue weighted by Gasteiger charge is 2.54. The summed E-state index contributed by atoms with van der Waals surface area (Å²) in [5.41, 5.74) is 6.37. The lowest BCUT2D eigenvalue weighted by atomic mass is 9.87. The summed E-state index contributed by atoms with van der Waals surface area (Å²) in [5.74, 6) is 0.388. The lowest BCUT2D eigenvalue weighted by Crippen LogP contribution is -2.47. The first kappa shape index (κ1) is 38.8. The Morgan fingerprint density at radius 1 is 0.909 bits per heavy atom. The summed E-state index contributed by atoms with van der Waals surface area (Å²) in [7, 11) is -4.19. The highest BCUT2D eigenvalue weighted by atomic mass is 35.5. The van der Waals surface area contributed by atoms with E-state index in [0.29, 0.717) is 17.9 Å². The molecule has 0 bridgehead atoms. The van der Waals surface area contributed by atoms with Crippen molar-refractivity contribution in [1.29, 1.82) is 0 Å². The third-order valence-corrected chi connectivity index (χ3v) is 13.8. The molecular weight excluding hydrogens is 748 g/mol. The van der Waals surface area contributed by atoms with Crippen LogP contribution in [0.15, 0.2) is 122 Å². The number of anilines is 2. The molecule has 1 unspecified atom stereocenters. The Kier molecular flexibility index (Phi) is 12.1. The zero-order chi connectivity index (χ0) is 38.4. The fourth-order valence-electron chi connectivity index (χ4n) is 7.69. The minimum absolute atomic E-state index is 0.0691. The second-order valence-electron chi connectivity index (χ2n) is 14.6. The van der Waals surface area contributed by atoms with Crippen LogP contribution in [0.3, 0.4) is 0 Å². The second kappa shape index (κ2) is 17.2. The van der Waals surface area contributed by atoms with Crippen molar-refractivity contribution < 1.29 is 13.2 Å². The highest BCUT2D eigenvalue weighted by molar-refractivity contribution is 7.99. The van der Waals surface area contributed by atoms with Gasteiger partial charge in [0, 0.05) is 72.1 Å². The Morgan fingerprint density at radius 3 is 2.35 bits per heavy atom. The number of piperazine rings is 1. The van der Waals surface area contributed by atoms with E-state index < -0.39 is 15.9 Å². The Balaban J connectivity index is 0.950. The largest absolute Gasteiger partial charge is 0.377 e. The predicted octanol–water partition coefficient (Wildman–Crippen LogP) is 8.60. The van der Waals surface area contributed by atoms with Gasteiger partial charge in [-0.15, -0.1) is 11.8 Å². The Morgan fingerprint density at radius 2 is 1.64 bits per heavy atom. The van der Waals surface area contributed by atoms with Crippen LogP contribution >= 0.6 is 23.4 Å². The molecule has 0 spiro atoms. The van der Waals surface area contributed by atoms with Crippen molar-refractivity contribution in [2.24, 2.45) is 15.9 Å². The normalized spacial score (nSPS) is 20.2. The molecule has 1 aliphatic heterocycles. The number of allylic oxidation sites excluding steroid dienone is 1. The van der Waals surface area contributed by atoms with Gasteiger partial charge in [-0.25, -0.2) is 13.1 Å². The number of aliphatic imine (C=N–C) groups is 2. The summed E-state index contributed by atoms with van der Waals surface area (Å²) >= 11 is 7.91. The van der Waals surface area contributed by atoms with E-state index in [1.54, 1.807) is 30.0 Å². The van der Waals surface area contributed by atoms with Crippen LogP contribution in [0.4, 0.5) is 17.1 Å². The molecule has 2 fully saturated rings. The summed E-state index contributed by atoms with van der Waals surface area (Å²) in [4.78, 5) is 27.4. The monoisotopic (exact) mass is 794 g/mol. The smallest absolute Gasteiger partial charge is 0.264 e. The van der Waals surface area contributed by atoms with Crippen LogP contribution in [-0.4, -0.2) is 83.2 Å². The quantitative estimate of drug-likeness (QED) is 0.0918. The highest BCUT2D eigenvalue weighted by Crippen LogP contribution is 2.50. The average molecular weight is 795 g/mol. The van der Waals surface area contributed by atoms with E-state index in [0.717, 1.165) is 68.4 Å². The zero-order valence-electron chi connectivity index (χ0n) is 30.9. The number of halogens is 1. The van der Waals surface area contributed by atoms with Crippen molar-refractivity contribution in [2.45, 2.75) is 47.4 Å². The standard InChI is InChI=1S/C43H47ClN6O3S2/c1-45-28-34-27-43(34,30-54-37-9-4-3-5-10-37)47-40-21-20-38(26-41(40)46-2)55(52,53)48-42(51)32-14-18-36(19-15-32)50-24-22-49(23-25-50)29-33-8-6-7-11-39(33)31-12-16-35(44)17-13-31/h3-5,9-10,12-21,26,34,47H,1-2,6-8,11,22-25,27-30H2,(H,48,51)/t34-,43?/m0/s1. The maximum absolute atomic E-state index is 13.4. The fourth-order valence-corrected chi connectivity index (χ4v) is 10.0. The number of hydrogen-bond donors (Lipinski definition) is 2. The molecule has 0 radical (unpaired) electrons. The molecule has 1 amide bonds. The number of rotatable bonds is 15. The fraction of sp³-hybridized carbons (Fsp3) is 0.326. The van der Waals surface area contributed by atoms with Crippen molar-refractivity contribution >= 4 is 75.4 Å². The third kappa shape index (κ3) is 9.35. The van der Waals surface area contributed by atoms with E-state index in [9.17, 15) is 13.2 Å². The van der Waals surface area contributed by atoms with E-state index in [2.05, 4.69) is 67.5 Å². The summed E-state index contributed by atoms with van der Waals surface area (Å²) in [6, 6.07) is 30.2. The SMILES string of the molecule is C=NC[C@@H]1CC1(CSc1ccccc1)Nc1ccc(S(=O)(=O)NC(=O)c2ccc(N3CCN(CC4=C(c5ccc(Cl)cc5)CCCC4)CC3)cc2)cc1N=C. The average Bonchev–Trinajstić information content (AvgIpc) is 3.89. The number of benzene rings is 4. The topological polar surface area (TPSA) is 106 Å². The zero-order valence-corrected chi connectivity index (χ0v) is 33.3. The van der Waals surface area contributed by atoms with Crippen molar-refractivity contribution in [2.75, 3.05) is 55.2 Å². The number of thioether (sulfide) groups is 1. The van der Waals surface area contributed by atoms with Crippen LogP contribution in [0.2, 0.25) is 5.02 Å². The van der Waals surface area contributed by atoms with Crippen LogP contribution in [-0.2, 0) is 10.0 Å². The van der Waals surface area contributed by atoms with E-state index >= 15 is 0 Å². The Labute approximate surface area is 334 Å². The first-order valence-electron chi connectivity index (χ1n) is 18.8. The van der Waals surface area contributed by atoms with Gasteiger partial charge in [-0.2, -0.15) is 0 Å². The van der Waals surface area contributed by atoms with Gasteiger partial charge in [-0.1, -0.05) is 47.5 Å². The summed E-state index contributed by atoms with van der Waals surface area (Å²) in [6.07, 6.45) is 5.60. The molecular formula is C43H47ClN6O3S2. The lowest BCUT2D eigenvalue weighted by Gasteiger charge is -2.37. The molecule has 4 aromatic carbocycles. The minimum Gasteiger partial charge on any atom is -0.377 e. The molecule has 0 aromatic heterocycles. The molecule has 2 N–H and O–H groups in total. The van der Waals surface area contributed by atoms with Crippen molar-refractivity contribution in [3.05, 3.63) is 119 Å². The minimum atomic E-state index is -4.19. The number of carbonyl (C=O) groups is 1. The summed E-state index contributed by atoms with van der Waals surface area (Å²) in [5, 5.41) is 4.39. The van der Waals surface area contributed by atoms with Crippen molar-refractivity contribution in [3.8, 4) is 0 Å². The van der Waals surface area contributed by atoms with E-state index in [1.807, 2.05) is 42.5 Å². The van der Waals surface area contributed by atoms with Gasteiger partial charge < -0.3 is 15.2 Å². The molecule has 1 heterocycles. The van der Waals surface area contributed by atoms with Gasteiger partial charge in [-0.3, -0.25) is 14.7 Å². The Bertz CT molecular complexity index is 2150. The summed E-state index contributed by atoms with van der Waals surface area (Å²) < 4.78 is 29.1. The molecule has 3 aliphatic rings. The van der Waals surface area contributed by atoms with Crippen molar-refractivity contribution in [1.82, 2.24) is 9.62 Å². The molecule has 2 aliphatic carbocycles. The number of nitrogens with one attached hydrogen (secondary N) is 2. The molecule has 9 nitrogen and oxygen atoms in total. The maximum Gasteiger partial charge on any atom is 0.264 e. The van der Waals surface area contributed by atoms with E-state index in [4.69, 9.17) is 11.6 Å². The molecule has 2 atom stereocenters. The third-order valence-electron chi connectivity index (χ3n) is 10.9. The molecule has 1 saturated heterocycles. The molecule has 55 heavy (non-hydrogen) atoms. The van der Waals surface area contributed by atoms with E-state index in [-0.39, 0.29) is 21.9 Å². The van der Waals surface area contributed by atoms with Gasteiger partial charge in [0.25, 0.3) is 15.9 Å². The number of hydrogen-bond acceptors (Lipinski definition) is 9. The van der Waals surface area contributed by atoms with Gasteiger partial charge in [0.05, 0.1) is 21.8 Å².